The van der Waals surface area contributed by atoms with Crippen molar-refractivity contribution in [2.45, 2.75) is 25.7 Å². The van der Waals surface area contributed by atoms with Gasteiger partial charge in [-0.3, -0.25) is 4.79 Å². The number of ether oxygens (including phenoxy) is 3. The Morgan fingerprint density at radius 1 is 1.33 bits per heavy atom. The first kappa shape index (κ1) is 16.3. The topological polar surface area (TPSA) is 115 Å². The second-order valence-corrected chi connectivity index (χ2v) is 5.47. The normalized spacial score (nSPS) is 20.0. The maximum atomic E-state index is 12.9. The number of methoxy groups -OCH3 is 2. The summed E-state index contributed by atoms with van der Waals surface area (Å²) in [5.41, 5.74) is -0.949. The van der Waals surface area contributed by atoms with Gasteiger partial charge in [-0.05, 0) is 13.0 Å². The number of esters is 1. The van der Waals surface area contributed by atoms with Crippen LogP contribution >= 0.6 is 0 Å². The van der Waals surface area contributed by atoms with Crippen LogP contribution in [0.25, 0.3) is 11.0 Å². The highest BCUT2D eigenvalue weighted by Gasteiger charge is 2.33. The van der Waals surface area contributed by atoms with E-state index in [2.05, 4.69) is 4.74 Å². The second kappa shape index (κ2) is 5.81. The zero-order valence-electron chi connectivity index (χ0n) is 13.3. The van der Waals surface area contributed by atoms with Crippen molar-refractivity contribution in [3.05, 3.63) is 33.2 Å². The molecule has 3 rings (SSSR count). The van der Waals surface area contributed by atoms with Crippen LogP contribution in [0.15, 0.2) is 15.3 Å². The van der Waals surface area contributed by atoms with Gasteiger partial charge in [0.25, 0.3) is 0 Å². The summed E-state index contributed by atoms with van der Waals surface area (Å²) in [5, 5.41) is 19.7. The predicted molar refractivity (Wildman–Crippen MR) is 81.2 cm³/mol. The van der Waals surface area contributed by atoms with E-state index in [1.807, 2.05) is 0 Å². The summed E-state index contributed by atoms with van der Waals surface area (Å²) in [6.45, 7) is 1.78. The van der Waals surface area contributed by atoms with E-state index in [0.29, 0.717) is 0 Å². The molecule has 2 heterocycles. The summed E-state index contributed by atoms with van der Waals surface area (Å²) < 4.78 is 21.0. The van der Waals surface area contributed by atoms with E-state index in [1.54, 1.807) is 6.92 Å². The average Bonchev–Trinajstić information content (AvgIpc) is 2.56. The van der Waals surface area contributed by atoms with Gasteiger partial charge in [-0.2, -0.15) is 0 Å². The van der Waals surface area contributed by atoms with Crippen molar-refractivity contribution in [3.63, 3.8) is 0 Å². The first-order chi connectivity index (χ1) is 11.4. The van der Waals surface area contributed by atoms with Gasteiger partial charge in [-0.1, -0.05) is 0 Å². The van der Waals surface area contributed by atoms with E-state index in [0.717, 1.165) is 13.2 Å². The SMILES string of the molecule is COC(=O)c1cc(O)c(O)c2oc3c(c(=O)c12)[C@@H](OC)O[C@H](C)C3. The van der Waals surface area contributed by atoms with Gasteiger partial charge in [0.15, 0.2) is 17.6 Å². The number of rotatable bonds is 2. The predicted octanol–water partition coefficient (Wildman–Crippen LogP) is 1.60. The summed E-state index contributed by atoms with van der Waals surface area (Å²) in [4.78, 5) is 24.9. The maximum Gasteiger partial charge on any atom is 0.338 e. The highest BCUT2D eigenvalue weighted by molar-refractivity contribution is 6.05. The fraction of sp³-hybridized carbons (Fsp3) is 0.375. The van der Waals surface area contributed by atoms with E-state index < -0.39 is 29.2 Å². The number of benzene rings is 1. The zero-order chi connectivity index (χ0) is 17.6. The van der Waals surface area contributed by atoms with Gasteiger partial charge >= 0.3 is 5.97 Å². The minimum atomic E-state index is -0.953. The molecule has 0 saturated carbocycles. The Morgan fingerprint density at radius 2 is 2.04 bits per heavy atom. The molecule has 128 valence electrons. The summed E-state index contributed by atoms with van der Waals surface area (Å²) in [7, 11) is 2.52. The molecule has 1 aromatic carbocycles. The van der Waals surface area contributed by atoms with E-state index in [-0.39, 0.29) is 40.4 Å². The molecule has 0 fully saturated rings. The van der Waals surface area contributed by atoms with Gasteiger partial charge in [-0.25, -0.2) is 4.79 Å². The Morgan fingerprint density at radius 3 is 2.67 bits per heavy atom. The quantitative estimate of drug-likeness (QED) is 0.627. The number of carbonyl (C=O) groups is 1. The van der Waals surface area contributed by atoms with Gasteiger partial charge in [0, 0.05) is 13.5 Å². The van der Waals surface area contributed by atoms with Crippen LogP contribution < -0.4 is 5.43 Å². The van der Waals surface area contributed by atoms with Crippen molar-refractivity contribution in [1.82, 2.24) is 0 Å². The Labute approximate surface area is 136 Å². The van der Waals surface area contributed by atoms with Crippen LogP contribution in [0, 0.1) is 0 Å². The number of phenolic OH excluding ortho intramolecular Hbond substituents is 2. The van der Waals surface area contributed by atoms with Crippen molar-refractivity contribution in [3.8, 4) is 11.5 Å². The third-order valence-corrected chi connectivity index (χ3v) is 3.92. The molecule has 8 nitrogen and oxygen atoms in total. The lowest BCUT2D eigenvalue weighted by Crippen LogP contribution is -2.30. The summed E-state index contributed by atoms with van der Waals surface area (Å²) in [6, 6.07) is 0.959. The van der Waals surface area contributed by atoms with Crippen molar-refractivity contribution >= 4 is 16.9 Å². The van der Waals surface area contributed by atoms with Crippen LogP contribution in [0.4, 0.5) is 0 Å². The molecule has 1 aliphatic rings. The van der Waals surface area contributed by atoms with Gasteiger partial charge in [-0.15, -0.1) is 0 Å². The minimum absolute atomic E-state index is 0.123. The number of fused-ring (bicyclic) bond motifs is 2. The van der Waals surface area contributed by atoms with Crippen molar-refractivity contribution in [2.75, 3.05) is 14.2 Å². The lowest BCUT2D eigenvalue weighted by Gasteiger charge is -2.28. The molecule has 0 radical (unpaired) electrons. The smallest absolute Gasteiger partial charge is 0.338 e. The largest absolute Gasteiger partial charge is 0.504 e. The molecule has 0 aliphatic carbocycles. The monoisotopic (exact) mass is 336 g/mol. The van der Waals surface area contributed by atoms with E-state index in [1.165, 1.54) is 7.11 Å². The standard InChI is InChI=1S/C16H16O8/c1-6-4-9-11(16(22-3)23-6)13(19)10-7(15(20)21-2)5-8(17)12(18)14(10)24-9/h5-6,16-18H,4H2,1-3H3/t6-,16+/m1/s1. The van der Waals surface area contributed by atoms with Crippen LogP contribution in [0.2, 0.25) is 0 Å². The molecule has 1 aliphatic heterocycles. The maximum absolute atomic E-state index is 12.9. The van der Waals surface area contributed by atoms with E-state index >= 15 is 0 Å². The fourth-order valence-electron chi connectivity index (χ4n) is 2.82. The molecule has 8 heteroatoms. The number of hydrogen-bond acceptors (Lipinski definition) is 8. The summed E-state index contributed by atoms with van der Waals surface area (Å²) >= 11 is 0. The number of carbonyl (C=O) groups excluding carboxylic acids is 1. The van der Waals surface area contributed by atoms with Crippen LogP contribution in [-0.2, 0) is 20.6 Å². The fourth-order valence-corrected chi connectivity index (χ4v) is 2.82. The first-order valence-corrected chi connectivity index (χ1v) is 7.20. The molecule has 1 aromatic heterocycles. The second-order valence-electron chi connectivity index (χ2n) is 5.47. The molecular weight excluding hydrogens is 320 g/mol. The number of hydrogen-bond donors (Lipinski definition) is 2. The van der Waals surface area contributed by atoms with Crippen molar-refractivity contribution < 1.29 is 33.6 Å². The summed E-state index contributed by atoms with van der Waals surface area (Å²) in [5.74, 6) is -1.78. The molecule has 2 N–H and O–H groups in total. The molecular formula is C16H16O8. The first-order valence-electron chi connectivity index (χ1n) is 7.20. The minimum Gasteiger partial charge on any atom is -0.504 e. The highest BCUT2D eigenvalue weighted by Crippen LogP contribution is 2.39. The molecule has 0 saturated heterocycles. The van der Waals surface area contributed by atoms with Crippen molar-refractivity contribution in [2.24, 2.45) is 0 Å². The Hall–Kier alpha value is -2.58. The average molecular weight is 336 g/mol. The van der Waals surface area contributed by atoms with Gasteiger partial charge < -0.3 is 28.8 Å². The third-order valence-electron chi connectivity index (χ3n) is 3.92. The molecule has 2 atom stereocenters. The van der Waals surface area contributed by atoms with Gasteiger partial charge in [0.05, 0.1) is 29.7 Å². The molecule has 0 amide bonds. The lowest BCUT2D eigenvalue weighted by molar-refractivity contribution is -0.166. The third kappa shape index (κ3) is 2.31. The number of aromatic hydroxyl groups is 2. The Bertz CT molecular complexity index is 882. The zero-order valence-corrected chi connectivity index (χ0v) is 13.3. The van der Waals surface area contributed by atoms with Gasteiger partial charge in [0.2, 0.25) is 11.2 Å². The molecule has 2 aromatic rings. The molecule has 0 unspecified atom stereocenters. The molecule has 0 bridgehead atoms. The van der Waals surface area contributed by atoms with E-state index in [9.17, 15) is 19.8 Å². The van der Waals surface area contributed by atoms with Gasteiger partial charge in [0.1, 0.15) is 5.76 Å². The summed E-state index contributed by atoms with van der Waals surface area (Å²) in [6.07, 6.45) is -0.948. The van der Waals surface area contributed by atoms with Crippen LogP contribution in [0.5, 0.6) is 11.5 Å². The number of phenols is 2. The van der Waals surface area contributed by atoms with Crippen molar-refractivity contribution in [1.29, 1.82) is 0 Å². The van der Waals surface area contributed by atoms with Crippen LogP contribution in [0.1, 0.15) is 34.9 Å². The van der Waals surface area contributed by atoms with Crippen LogP contribution in [-0.4, -0.2) is 36.5 Å². The Kier molecular flexibility index (Phi) is 3.94. The molecule has 24 heavy (non-hydrogen) atoms. The highest BCUT2D eigenvalue weighted by atomic mass is 16.7. The Balaban J connectivity index is 2.45. The molecule has 0 spiro atoms. The van der Waals surface area contributed by atoms with E-state index in [4.69, 9.17) is 13.9 Å². The lowest BCUT2D eigenvalue weighted by atomic mass is 10.00. The van der Waals surface area contributed by atoms with Crippen LogP contribution in [0.3, 0.4) is 0 Å².